The minimum absolute atomic E-state index is 0.0392. The molecule has 0 amide bonds. The predicted molar refractivity (Wildman–Crippen MR) is 175 cm³/mol. The third-order valence-corrected chi connectivity index (χ3v) is 6.54. The molecule has 14 nitrogen and oxygen atoms in total. The summed E-state index contributed by atoms with van der Waals surface area (Å²) in [6.45, 7) is 10.6. The number of rotatable bonds is 26. The highest BCUT2D eigenvalue weighted by atomic mass is 16.6. The largest absolute Gasteiger partial charge is 0.462 e. The Bertz CT molecular complexity index is 1080. The van der Waals surface area contributed by atoms with Gasteiger partial charge in [0.05, 0.1) is 0 Å². The monoisotopic (exact) mass is 700 g/mol. The zero-order valence-corrected chi connectivity index (χ0v) is 30.2. The molecule has 0 unspecified atom stereocenters. The maximum atomic E-state index is 11.9. The Hall–Kier alpha value is -3.84. The zero-order chi connectivity index (χ0) is 37.3. The Morgan fingerprint density at radius 2 is 0.612 bits per heavy atom. The second-order valence-electron chi connectivity index (χ2n) is 13.7. The lowest BCUT2D eigenvalue weighted by atomic mass is 9.88. The summed E-state index contributed by atoms with van der Waals surface area (Å²) in [6, 6.07) is 0. The van der Waals surface area contributed by atoms with Crippen LogP contribution in [0.5, 0.6) is 0 Å². The van der Waals surface area contributed by atoms with Crippen LogP contribution in [0.3, 0.4) is 0 Å². The van der Waals surface area contributed by atoms with Crippen LogP contribution in [0.25, 0.3) is 0 Å². The van der Waals surface area contributed by atoms with Gasteiger partial charge >= 0.3 is 35.8 Å². The first-order valence-electron chi connectivity index (χ1n) is 16.9. The standard InChI is InChI=1S/C35H56O14/c1-34(2,3)25-26(36)11-7-13-28(38)44-19-21-46-30(40)15-9-17-32(42)48-23-24-49-33(43)18-10-16-31(41)47-22-20-45-29(39)14-8-12-27(37)35(4,5)6/h7-25H2,1-6H3. The molecule has 0 aliphatic carbocycles. The molecule has 0 radical (unpaired) electrons. The summed E-state index contributed by atoms with van der Waals surface area (Å²) < 4.78 is 29.8. The van der Waals surface area contributed by atoms with Crippen molar-refractivity contribution in [3.8, 4) is 0 Å². The minimum atomic E-state index is -0.581. The van der Waals surface area contributed by atoms with Crippen molar-refractivity contribution in [1.29, 1.82) is 0 Å². The molecule has 0 atom stereocenters. The maximum absolute atomic E-state index is 11.9. The Kier molecular flexibility index (Phi) is 23.2. The second-order valence-corrected chi connectivity index (χ2v) is 13.7. The summed E-state index contributed by atoms with van der Waals surface area (Å²) in [5, 5.41) is 0. The van der Waals surface area contributed by atoms with E-state index in [-0.39, 0.29) is 114 Å². The first kappa shape index (κ1) is 45.2. The van der Waals surface area contributed by atoms with Crippen LogP contribution in [0.15, 0.2) is 0 Å². The first-order chi connectivity index (χ1) is 22.9. The Morgan fingerprint density at radius 3 is 0.857 bits per heavy atom. The van der Waals surface area contributed by atoms with Gasteiger partial charge in [-0.3, -0.25) is 38.4 Å². The average molecular weight is 701 g/mol. The molecule has 0 rings (SSSR count). The highest BCUT2D eigenvalue weighted by molar-refractivity contribution is 5.84. The molecule has 0 heterocycles. The lowest BCUT2D eigenvalue weighted by Crippen LogP contribution is -2.20. The molecule has 0 aromatic heterocycles. The molecular weight excluding hydrogens is 644 g/mol. The molecule has 0 spiro atoms. The van der Waals surface area contributed by atoms with Crippen LogP contribution in [0.1, 0.15) is 125 Å². The third kappa shape index (κ3) is 28.9. The number of carbonyl (C=O) groups excluding carboxylic acids is 8. The van der Waals surface area contributed by atoms with E-state index in [1.54, 1.807) is 0 Å². The van der Waals surface area contributed by atoms with E-state index in [0.29, 0.717) is 25.7 Å². The van der Waals surface area contributed by atoms with E-state index in [4.69, 9.17) is 28.4 Å². The van der Waals surface area contributed by atoms with Gasteiger partial charge in [-0.15, -0.1) is 0 Å². The van der Waals surface area contributed by atoms with Crippen molar-refractivity contribution < 1.29 is 66.8 Å². The summed E-state index contributed by atoms with van der Waals surface area (Å²) in [4.78, 5) is 94.3. The minimum Gasteiger partial charge on any atom is -0.462 e. The van der Waals surface area contributed by atoms with Crippen molar-refractivity contribution in [1.82, 2.24) is 0 Å². The van der Waals surface area contributed by atoms with Gasteiger partial charge in [-0.2, -0.15) is 0 Å². The number of ketones is 2. The molecule has 0 aromatic rings. The topological polar surface area (TPSA) is 192 Å². The molecule has 0 aliphatic rings. The van der Waals surface area contributed by atoms with Crippen molar-refractivity contribution in [3.63, 3.8) is 0 Å². The van der Waals surface area contributed by atoms with E-state index in [9.17, 15) is 38.4 Å². The van der Waals surface area contributed by atoms with Gasteiger partial charge in [0, 0.05) is 63.2 Å². The van der Waals surface area contributed by atoms with Gasteiger partial charge in [-0.1, -0.05) is 41.5 Å². The van der Waals surface area contributed by atoms with Crippen molar-refractivity contribution in [3.05, 3.63) is 0 Å². The number of carbonyl (C=O) groups is 8. The van der Waals surface area contributed by atoms with Crippen molar-refractivity contribution in [2.75, 3.05) is 39.6 Å². The number of Topliss-reactive ketones (excluding diaryl/α,β-unsaturated/α-hetero) is 2. The van der Waals surface area contributed by atoms with Crippen LogP contribution in [-0.4, -0.2) is 87.0 Å². The lowest BCUT2D eigenvalue weighted by Gasteiger charge is -2.16. The predicted octanol–water partition coefficient (Wildman–Crippen LogP) is 4.55. The Labute approximate surface area is 289 Å². The molecule has 14 heteroatoms. The highest BCUT2D eigenvalue weighted by Gasteiger charge is 2.21. The van der Waals surface area contributed by atoms with Gasteiger partial charge in [0.25, 0.3) is 0 Å². The average Bonchev–Trinajstić information content (AvgIpc) is 2.98. The van der Waals surface area contributed by atoms with E-state index < -0.39 is 41.2 Å². The fourth-order valence-electron chi connectivity index (χ4n) is 4.00. The summed E-state index contributed by atoms with van der Waals surface area (Å²) in [5.41, 5.74) is -0.542. The van der Waals surface area contributed by atoms with Gasteiger partial charge in [-0.25, -0.2) is 0 Å². The van der Waals surface area contributed by atoms with Crippen LogP contribution < -0.4 is 0 Å². The van der Waals surface area contributed by atoms with Gasteiger partial charge in [0.1, 0.15) is 51.2 Å². The molecule has 280 valence electrons. The summed E-state index contributed by atoms with van der Waals surface area (Å²) in [5.74, 6) is -3.07. The normalized spacial score (nSPS) is 11.2. The first-order valence-corrected chi connectivity index (χ1v) is 16.9. The summed E-state index contributed by atoms with van der Waals surface area (Å²) >= 11 is 0. The molecule has 0 aromatic carbocycles. The molecule has 0 aliphatic heterocycles. The quantitative estimate of drug-likeness (QED) is 0.0693. The van der Waals surface area contributed by atoms with Crippen LogP contribution in [-0.2, 0) is 66.8 Å². The van der Waals surface area contributed by atoms with Crippen LogP contribution in [0.2, 0.25) is 0 Å². The number of hydrogen-bond acceptors (Lipinski definition) is 14. The van der Waals surface area contributed by atoms with Gasteiger partial charge in [0.2, 0.25) is 0 Å². The van der Waals surface area contributed by atoms with E-state index in [1.807, 2.05) is 41.5 Å². The maximum Gasteiger partial charge on any atom is 0.305 e. The van der Waals surface area contributed by atoms with Crippen LogP contribution in [0.4, 0.5) is 0 Å². The van der Waals surface area contributed by atoms with E-state index >= 15 is 0 Å². The van der Waals surface area contributed by atoms with Gasteiger partial charge < -0.3 is 28.4 Å². The fourth-order valence-corrected chi connectivity index (χ4v) is 4.00. The summed E-state index contributed by atoms with van der Waals surface area (Å²) in [7, 11) is 0. The highest BCUT2D eigenvalue weighted by Crippen LogP contribution is 2.20. The molecule has 0 fully saturated rings. The summed E-state index contributed by atoms with van der Waals surface area (Å²) in [6.07, 6.45) is 2.23. The molecule has 49 heavy (non-hydrogen) atoms. The Balaban J connectivity index is 3.72. The van der Waals surface area contributed by atoms with E-state index in [1.165, 1.54) is 0 Å². The van der Waals surface area contributed by atoms with Crippen molar-refractivity contribution >= 4 is 47.4 Å². The lowest BCUT2D eigenvalue weighted by molar-refractivity contribution is -0.154. The van der Waals surface area contributed by atoms with Gasteiger partial charge in [-0.05, 0) is 31.1 Å². The number of hydrogen-bond donors (Lipinski definition) is 0. The van der Waals surface area contributed by atoms with E-state index in [2.05, 4.69) is 0 Å². The third-order valence-electron chi connectivity index (χ3n) is 6.54. The van der Waals surface area contributed by atoms with Crippen molar-refractivity contribution in [2.24, 2.45) is 10.8 Å². The number of ether oxygens (including phenoxy) is 6. The van der Waals surface area contributed by atoms with Crippen LogP contribution >= 0.6 is 0 Å². The fraction of sp³-hybridized carbons (Fsp3) is 0.771. The van der Waals surface area contributed by atoms with E-state index in [0.717, 1.165) is 0 Å². The zero-order valence-electron chi connectivity index (χ0n) is 30.2. The molecule has 0 bridgehead atoms. The van der Waals surface area contributed by atoms with Crippen molar-refractivity contribution in [2.45, 2.75) is 125 Å². The smallest absolute Gasteiger partial charge is 0.305 e. The number of esters is 6. The molecule has 0 saturated carbocycles. The second kappa shape index (κ2) is 25.2. The van der Waals surface area contributed by atoms with Crippen LogP contribution in [0, 0.1) is 10.8 Å². The SMILES string of the molecule is CC(C)(C)CC(=O)CCCC(=O)OCCOC(=O)CCCC(=O)OCCOC(=O)CCCC(=O)OCCOC(=O)CCCC(=O)C(C)(C)C. The Morgan fingerprint density at radius 1 is 0.367 bits per heavy atom. The molecule has 0 N–H and O–H groups in total. The van der Waals surface area contributed by atoms with Gasteiger partial charge in [0.15, 0.2) is 0 Å². The molecule has 0 saturated heterocycles. The molecular formula is C35H56O14.